The van der Waals surface area contributed by atoms with E-state index < -0.39 is 0 Å². The van der Waals surface area contributed by atoms with E-state index in [4.69, 9.17) is 4.74 Å². The van der Waals surface area contributed by atoms with Crippen LogP contribution in [0.3, 0.4) is 0 Å². The van der Waals surface area contributed by atoms with Crippen LogP contribution in [0.15, 0.2) is 22.7 Å². The topological polar surface area (TPSA) is 12.5 Å². The molecule has 0 aliphatic heterocycles. The van der Waals surface area contributed by atoms with E-state index in [9.17, 15) is 4.39 Å². The highest BCUT2D eigenvalue weighted by Gasteiger charge is 2.02. The minimum Gasteiger partial charge on any atom is -0.377 e. The van der Waals surface area contributed by atoms with Crippen LogP contribution < -0.4 is 0 Å². The Morgan fingerprint density at radius 3 is 2.76 bits per heavy atom. The molecule has 0 bridgehead atoms. The lowest BCUT2D eigenvalue weighted by molar-refractivity contribution is 0.113. The highest BCUT2D eigenvalue weighted by Crippen LogP contribution is 2.16. The van der Waals surface area contributed by atoms with Gasteiger partial charge < -0.3 is 9.64 Å². The van der Waals surface area contributed by atoms with Crippen molar-refractivity contribution in [1.82, 2.24) is 4.90 Å². The number of unbranched alkanes of at least 4 members (excludes halogenated alkanes) is 1. The van der Waals surface area contributed by atoms with Crippen LogP contribution >= 0.6 is 15.9 Å². The first-order valence-corrected chi connectivity index (χ1v) is 6.55. The van der Waals surface area contributed by atoms with Gasteiger partial charge in [-0.3, -0.25) is 0 Å². The largest absolute Gasteiger partial charge is 0.377 e. The molecule has 0 atom stereocenters. The lowest BCUT2D eigenvalue weighted by Gasteiger charge is -2.09. The highest BCUT2D eigenvalue weighted by atomic mass is 79.9. The molecule has 17 heavy (non-hydrogen) atoms. The summed E-state index contributed by atoms with van der Waals surface area (Å²) >= 11 is 3.32. The van der Waals surface area contributed by atoms with Crippen LogP contribution in [0.1, 0.15) is 18.4 Å². The van der Waals surface area contributed by atoms with Crippen molar-refractivity contribution in [3.8, 4) is 0 Å². The second-order valence-electron chi connectivity index (χ2n) is 4.30. The monoisotopic (exact) mass is 303 g/mol. The maximum absolute atomic E-state index is 13.3. The van der Waals surface area contributed by atoms with E-state index >= 15 is 0 Å². The molecule has 1 aromatic carbocycles. The molecule has 0 fully saturated rings. The van der Waals surface area contributed by atoms with E-state index in [0.717, 1.165) is 23.9 Å². The summed E-state index contributed by atoms with van der Waals surface area (Å²) in [4.78, 5) is 2.15. The quantitative estimate of drug-likeness (QED) is 0.715. The van der Waals surface area contributed by atoms with Crippen LogP contribution in [-0.4, -0.2) is 32.1 Å². The molecule has 0 aromatic heterocycles. The molecule has 0 aliphatic rings. The molecule has 0 saturated carbocycles. The molecule has 0 unspecified atom stereocenters. The summed E-state index contributed by atoms with van der Waals surface area (Å²) in [6, 6.07) is 4.90. The standard InChI is InChI=1S/C13H19BrFNO/c1-16(2)7-3-4-8-17-10-11-9-12(14)5-6-13(11)15/h5-6,9H,3-4,7-8,10H2,1-2H3. The van der Waals surface area contributed by atoms with Gasteiger partial charge in [-0.25, -0.2) is 4.39 Å². The van der Waals surface area contributed by atoms with E-state index in [2.05, 4.69) is 34.9 Å². The van der Waals surface area contributed by atoms with Gasteiger partial charge in [0.2, 0.25) is 0 Å². The number of rotatable bonds is 7. The Kier molecular flexibility index (Phi) is 6.70. The third-order valence-corrected chi connectivity index (χ3v) is 2.90. The van der Waals surface area contributed by atoms with Crippen LogP contribution in [0.5, 0.6) is 0 Å². The van der Waals surface area contributed by atoms with Gasteiger partial charge in [0.1, 0.15) is 5.82 Å². The molecule has 2 nitrogen and oxygen atoms in total. The van der Waals surface area contributed by atoms with Crippen LogP contribution in [0.25, 0.3) is 0 Å². The average molecular weight is 304 g/mol. The zero-order chi connectivity index (χ0) is 12.7. The summed E-state index contributed by atoms with van der Waals surface area (Å²) in [5.41, 5.74) is 0.604. The number of halogens is 2. The predicted molar refractivity (Wildman–Crippen MR) is 71.5 cm³/mol. The van der Waals surface area contributed by atoms with Crippen LogP contribution in [0.2, 0.25) is 0 Å². The van der Waals surface area contributed by atoms with Crippen molar-refractivity contribution in [3.63, 3.8) is 0 Å². The Labute approximate surface area is 111 Å². The first-order chi connectivity index (χ1) is 8.09. The van der Waals surface area contributed by atoms with Crippen molar-refractivity contribution in [3.05, 3.63) is 34.1 Å². The Balaban J connectivity index is 2.20. The van der Waals surface area contributed by atoms with Crippen molar-refractivity contribution >= 4 is 15.9 Å². The van der Waals surface area contributed by atoms with Crippen molar-refractivity contribution in [2.24, 2.45) is 0 Å². The summed E-state index contributed by atoms with van der Waals surface area (Å²) in [6.07, 6.45) is 2.11. The summed E-state index contributed by atoms with van der Waals surface area (Å²) in [6.45, 7) is 2.08. The number of hydrogen-bond acceptors (Lipinski definition) is 2. The van der Waals surface area contributed by atoms with Gasteiger partial charge in [0.15, 0.2) is 0 Å². The van der Waals surface area contributed by atoms with E-state index in [1.165, 1.54) is 6.07 Å². The molecule has 0 heterocycles. The van der Waals surface area contributed by atoms with Crippen molar-refractivity contribution in [2.45, 2.75) is 19.4 Å². The molecule has 0 spiro atoms. The fourth-order valence-electron chi connectivity index (χ4n) is 1.47. The third kappa shape index (κ3) is 6.15. The molecular weight excluding hydrogens is 285 g/mol. The maximum Gasteiger partial charge on any atom is 0.128 e. The van der Waals surface area contributed by atoms with E-state index in [-0.39, 0.29) is 5.82 Å². The van der Waals surface area contributed by atoms with E-state index in [1.54, 1.807) is 12.1 Å². The average Bonchev–Trinajstić information content (AvgIpc) is 2.27. The van der Waals surface area contributed by atoms with Gasteiger partial charge in [0.25, 0.3) is 0 Å². The minimum absolute atomic E-state index is 0.207. The highest BCUT2D eigenvalue weighted by molar-refractivity contribution is 9.10. The van der Waals surface area contributed by atoms with Gasteiger partial charge in [-0.2, -0.15) is 0 Å². The van der Waals surface area contributed by atoms with Gasteiger partial charge in [-0.05, 0) is 51.7 Å². The molecule has 1 aromatic rings. The molecule has 0 aliphatic carbocycles. The van der Waals surface area contributed by atoms with Crippen molar-refractivity contribution < 1.29 is 9.13 Å². The van der Waals surface area contributed by atoms with Crippen LogP contribution in [-0.2, 0) is 11.3 Å². The molecule has 4 heteroatoms. The smallest absolute Gasteiger partial charge is 0.128 e. The molecule has 96 valence electrons. The summed E-state index contributed by atoms with van der Waals surface area (Å²) in [5, 5.41) is 0. The Hall–Kier alpha value is -0.450. The first-order valence-electron chi connectivity index (χ1n) is 5.76. The van der Waals surface area contributed by atoms with E-state index in [1.807, 2.05) is 0 Å². The van der Waals surface area contributed by atoms with Gasteiger partial charge >= 0.3 is 0 Å². The lowest BCUT2D eigenvalue weighted by atomic mass is 10.2. The number of nitrogens with zero attached hydrogens (tertiary/aromatic N) is 1. The summed E-state index contributed by atoms with van der Waals surface area (Å²) in [5.74, 6) is -0.207. The molecular formula is C13H19BrFNO. The summed E-state index contributed by atoms with van der Waals surface area (Å²) in [7, 11) is 4.11. The molecule has 1 rings (SSSR count). The second-order valence-corrected chi connectivity index (χ2v) is 5.21. The first kappa shape index (κ1) is 14.6. The SMILES string of the molecule is CN(C)CCCCOCc1cc(Br)ccc1F. The fourth-order valence-corrected chi connectivity index (χ4v) is 1.88. The molecule has 0 N–H and O–H groups in total. The fraction of sp³-hybridized carbons (Fsp3) is 0.538. The van der Waals surface area contributed by atoms with Gasteiger partial charge in [-0.1, -0.05) is 15.9 Å². The normalized spacial score (nSPS) is 11.1. The van der Waals surface area contributed by atoms with Crippen molar-refractivity contribution in [1.29, 1.82) is 0 Å². The molecule has 0 radical (unpaired) electrons. The number of ether oxygens (including phenoxy) is 1. The third-order valence-electron chi connectivity index (χ3n) is 2.41. The Morgan fingerprint density at radius 1 is 1.29 bits per heavy atom. The van der Waals surface area contributed by atoms with Crippen LogP contribution in [0.4, 0.5) is 4.39 Å². The number of benzene rings is 1. The van der Waals surface area contributed by atoms with Gasteiger partial charge in [0, 0.05) is 16.6 Å². The zero-order valence-corrected chi connectivity index (χ0v) is 12.0. The van der Waals surface area contributed by atoms with Crippen molar-refractivity contribution in [2.75, 3.05) is 27.2 Å². The van der Waals surface area contributed by atoms with Gasteiger partial charge in [-0.15, -0.1) is 0 Å². The van der Waals surface area contributed by atoms with Gasteiger partial charge in [0.05, 0.1) is 6.61 Å². The lowest BCUT2D eigenvalue weighted by Crippen LogP contribution is -2.13. The van der Waals surface area contributed by atoms with Crippen LogP contribution in [0, 0.1) is 5.82 Å². The minimum atomic E-state index is -0.207. The zero-order valence-electron chi connectivity index (χ0n) is 10.4. The number of hydrogen-bond donors (Lipinski definition) is 0. The van der Waals surface area contributed by atoms with E-state index in [0.29, 0.717) is 18.8 Å². The Morgan fingerprint density at radius 2 is 2.06 bits per heavy atom. The Bertz CT molecular complexity index is 344. The maximum atomic E-state index is 13.3. The molecule has 0 saturated heterocycles. The molecule has 0 amide bonds. The summed E-state index contributed by atoms with van der Waals surface area (Å²) < 4.78 is 19.7. The second kappa shape index (κ2) is 7.80. The predicted octanol–water partition coefficient (Wildman–Crippen LogP) is 3.45.